The van der Waals surface area contributed by atoms with E-state index in [1.54, 1.807) is 6.07 Å². The van der Waals surface area contributed by atoms with Gasteiger partial charge in [0.2, 0.25) is 5.91 Å². The lowest BCUT2D eigenvalue weighted by Crippen LogP contribution is -2.23. The molecule has 1 fully saturated rings. The molecule has 1 atom stereocenters. The number of ether oxygens (including phenoxy) is 1. The van der Waals surface area contributed by atoms with Gasteiger partial charge in [0.05, 0.1) is 12.5 Å². The molecular formula is C12H17ClN2O2. The van der Waals surface area contributed by atoms with Gasteiger partial charge in [0, 0.05) is 18.0 Å². The average Bonchev–Trinajstić information content (AvgIpc) is 2.76. The molecule has 1 unspecified atom stereocenters. The van der Waals surface area contributed by atoms with Gasteiger partial charge in [0.15, 0.2) is 0 Å². The Bertz CT molecular complexity index is 403. The SMILES string of the molecule is Cc1ccc(N)cc1NC(=O)C1CCOC1.Cl. The highest BCUT2D eigenvalue weighted by Crippen LogP contribution is 2.20. The molecule has 2 rings (SSSR count). The molecule has 1 heterocycles. The van der Waals surface area contributed by atoms with E-state index < -0.39 is 0 Å². The summed E-state index contributed by atoms with van der Waals surface area (Å²) in [7, 11) is 0. The quantitative estimate of drug-likeness (QED) is 0.796. The average molecular weight is 257 g/mol. The number of halogens is 1. The lowest BCUT2D eigenvalue weighted by molar-refractivity contribution is -0.119. The number of carbonyl (C=O) groups excluding carboxylic acids is 1. The first-order chi connectivity index (χ1) is 7.66. The predicted molar refractivity (Wildman–Crippen MR) is 70.4 cm³/mol. The van der Waals surface area contributed by atoms with E-state index in [1.165, 1.54) is 0 Å². The number of nitrogens with one attached hydrogen (secondary N) is 1. The first-order valence-electron chi connectivity index (χ1n) is 5.41. The number of anilines is 2. The van der Waals surface area contributed by atoms with Crippen molar-refractivity contribution in [3.63, 3.8) is 0 Å². The third kappa shape index (κ3) is 3.35. The Kier molecular flexibility index (Phi) is 4.78. The molecule has 0 aromatic heterocycles. The van der Waals surface area contributed by atoms with E-state index in [2.05, 4.69) is 5.32 Å². The topological polar surface area (TPSA) is 64.3 Å². The first-order valence-corrected chi connectivity index (χ1v) is 5.41. The van der Waals surface area contributed by atoms with Crippen molar-refractivity contribution >= 4 is 29.7 Å². The number of hydrogen-bond donors (Lipinski definition) is 2. The minimum Gasteiger partial charge on any atom is -0.399 e. The van der Waals surface area contributed by atoms with Crippen LogP contribution in [0.25, 0.3) is 0 Å². The van der Waals surface area contributed by atoms with E-state index in [-0.39, 0.29) is 24.2 Å². The summed E-state index contributed by atoms with van der Waals surface area (Å²) in [5, 5.41) is 2.89. The second-order valence-corrected chi connectivity index (χ2v) is 4.12. The molecule has 1 aliphatic heterocycles. The minimum atomic E-state index is -0.0270. The van der Waals surface area contributed by atoms with Crippen LogP contribution in [0.15, 0.2) is 18.2 Å². The molecule has 0 saturated carbocycles. The molecule has 1 aromatic rings. The van der Waals surface area contributed by atoms with Crippen LogP contribution in [0.4, 0.5) is 11.4 Å². The Labute approximate surface area is 107 Å². The summed E-state index contributed by atoms with van der Waals surface area (Å²) >= 11 is 0. The zero-order chi connectivity index (χ0) is 11.5. The van der Waals surface area contributed by atoms with Crippen molar-refractivity contribution < 1.29 is 9.53 Å². The summed E-state index contributed by atoms with van der Waals surface area (Å²) < 4.78 is 5.18. The summed E-state index contributed by atoms with van der Waals surface area (Å²) in [6.07, 6.45) is 0.799. The smallest absolute Gasteiger partial charge is 0.229 e. The van der Waals surface area contributed by atoms with Gasteiger partial charge in [0.1, 0.15) is 0 Å². The van der Waals surface area contributed by atoms with Crippen LogP contribution in [-0.4, -0.2) is 19.1 Å². The molecule has 4 nitrogen and oxygen atoms in total. The molecule has 94 valence electrons. The van der Waals surface area contributed by atoms with Gasteiger partial charge >= 0.3 is 0 Å². The standard InChI is InChI=1S/C12H16N2O2.ClH/c1-8-2-3-10(13)6-11(8)14-12(15)9-4-5-16-7-9;/h2-3,6,9H,4-5,7,13H2,1H3,(H,14,15);1H. The molecule has 1 aromatic carbocycles. The molecule has 1 saturated heterocycles. The number of nitrogens with two attached hydrogens (primary N) is 1. The minimum absolute atomic E-state index is 0. The van der Waals surface area contributed by atoms with E-state index >= 15 is 0 Å². The van der Waals surface area contributed by atoms with Crippen LogP contribution < -0.4 is 11.1 Å². The lowest BCUT2D eigenvalue weighted by Gasteiger charge is -2.12. The van der Waals surface area contributed by atoms with Crippen molar-refractivity contribution in [3.8, 4) is 0 Å². The van der Waals surface area contributed by atoms with Crippen molar-refractivity contribution in [2.75, 3.05) is 24.3 Å². The van der Waals surface area contributed by atoms with E-state index in [4.69, 9.17) is 10.5 Å². The zero-order valence-electron chi connectivity index (χ0n) is 9.73. The van der Waals surface area contributed by atoms with E-state index in [1.807, 2.05) is 19.1 Å². The van der Waals surface area contributed by atoms with Gasteiger partial charge in [-0.25, -0.2) is 0 Å². The second kappa shape index (κ2) is 5.89. The highest BCUT2D eigenvalue weighted by Gasteiger charge is 2.23. The molecule has 0 spiro atoms. The van der Waals surface area contributed by atoms with Crippen molar-refractivity contribution in [1.82, 2.24) is 0 Å². The third-order valence-electron chi connectivity index (χ3n) is 2.82. The van der Waals surface area contributed by atoms with Gasteiger partial charge < -0.3 is 15.8 Å². The molecular weight excluding hydrogens is 240 g/mol. The summed E-state index contributed by atoms with van der Waals surface area (Å²) in [6.45, 7) is 3.14. The van der Waals surface area contributed by atoms with Crippen LogP contribution in [-0.2, 0) is 9.53 Å². The molecule has 5 heteroatoms. The molecule has 3 N–H and O–H groups in total. The number of carbonyl (C=O) groups is 1. The Morgan fingerprint density at radius 1 is 1.53 bits per heavy atom. The summed E-state index contributed by atoms with van der Waals surface area (Å²) in [5.41, 5.74) is 8.14. The zero-order valence-corrected chi connectivity index (χ0v) is 10.5. The molecule has 1 aliphatic rings. The Balaban J connectivity index is 0.00000144. The van der Waals surface area contributed by atoms with Gasteiger partial charge in [-0.2, -0.15) is 0 Å². The maximum absolute atomic E-state index is 11.8. The van der Waals surface area contributed by atoms with Gasteiger partial charge in [0.25, 0.3) is 0 Å². The number of benzene rings is 1. The monoisotopic (exact) mass is 256 g/mol. The van der Waals surface area contributed by atoms with Crippen LogP contribution in [0.5, 0.6) is 0 Å². The maximum atomic E-state index is 11.8. The fraction of sp³-hybridized carbons (Fsp3) is 0.417. The van der Waals surface area contributed by atoms with Crippen LogP contribution >= 0.6 is 12.4 Å². The van der Waals surface area contributed by atoms with Crippen molar-refractivity contribution in [2.24, 2.45) is 5.92 Å². The van der Waals surface area contributed by atoms with Crippen LogP contribution in [0, 0.1) is 12.8 Å². The third-order valence-corrected chi connectivity index (χ3v) is 2.82. The van der Waals surface area contributed by atoms with Gasteiger partial charge in [-0.3, -0.25) is 4.79 Å². The number of rotatable bonds is 2. The van der Waals surface area contributed by atoms with Crippen LogP contribution in [0.1, 0.15) is 12.0 Å². The summed E-state index contributed by atoms with van der Waals surface area (Å²) in [4.78, 5) is 11.8. The number of nitrogen functional groups attached to an aromatic ring is 1. The predicted octanol–water partition coefficient (Wildman–Crippen LogP) is 1.97. The molecule has 17 heavy (non-hydrogen) atoms. The van der Waals surface area contributed by atoms with Gasteiger partial charge in [-0.15, -0.1) is 12.4 Å². The highest BCUT2D eigenvalue weighted by atomic mass is 35.5. The number of hydrogen-bond acceptors (Lipinski definition) is 3. The summed E-state index contributed by atoms with van der Waals surface area (Å²) in [6, 6.07) is 5.50. The summed E-state index contributed by atoms with van der Waals surface area (Å²) in [5.74, 6) is -0.00738. The number of amides is 1. The largest absolute Gasteiger partial charge is 0.399 e. The Morgan fingerprint density at radius 2 is 2.29 bits per heavy atom. The van der Waals surface area contributed by atoms with Gasteiger partial charge in [-0.1, -0.05) is 6.07 Å². The fourth-order valence-electron chi connectivity index (χ4n) is 1.75. The Morgan fingerprint density at radius 3 is 2.94 bits per heavy atom. The van der Waals surface area contributed by atoms with Crippen molar-refractivity contribution in [3.05, 3.63) is 23.8 Å². The Hall–Kier alpha value is -1.26. The van der Waals surface area contributed by atoms with Crippen LogP contribution in [0.2, 0.25) is 0 Å². The van der Waals surface area contributed by atoms with E-state index in [0.717, 1.165) is 17.7 Å². The van der Waals surface area contributed by atoms with Gasteiger partial charge in [-0.05, 0) is 31.0 Å². The van der Waals surface area contributed by atoms with Crippen LogP contribution in [0.3, 0.4) is 0 Å². The first kappa shape index (κ1) is 13.8. The van der Waals surface area contributed by atoms with E-state index in [0.29, 0.717) is 18.9 Å². The van der Waals surface area contributed by atoms with Crippen molar-refractivity contribution in [1.29, 1.82) is 0 Å². The highest BCUT2D eigenvalue weighted by molar-refractivity contribution is 5.93. The maximum Gasteiger partial charge on any atom is 0.229 e. The molecule has 0 radical (unpaired) electrons. The normalized spacial score (nSPS) is 18.5. The second-order valence-electron chi connectivity index (χ2n) is 4.12. The van der Waals surface area contributed by atoms with E-state index in [9.17, 15) is 4.79 Å². The van der Waals surface area contributed by atoms with Crippen molar-refractivity contribution in [2.45, 2.75) is 13.3 Å². The molecule has 1 amide bonds. The molecule has 0 bridgehead atoms. The fourth-order valence-corrected chi connectivity index (χ4v) is 1.75. The lowest BCUT2D eigenvalue weighted by atomic mass is 10.1. The number of aryl methyl sites for hydroxylation is 1. The molecule has 0 aliphatic carbocycles.